The number of hydrogen-bond acceptors (Lipinski definition) is 5. The fraction of sp³-hybridized carbons (Fsp3) is 0.143. The first kappa shape index (κ1) is 18.9. The summed E-state index contributed by atoms with van der Waals surface area (Å²) in [7, 11) is 0. The summed E-state index contributed by atoms with van der Waals surface area (Å²) in [5.41, 5.74) is 4.51. The Morgan fingerprint density at radius 1 is 1.17 bits per heavy atom. The number of rotatable bonds is 6. The van der Waals surface area contributed by atoms with E-state index in [-0.39, 0.29) is 10.6 Å². The zero-order chi connectivity index (χ0) is 20.4. The Labute approximate surface area is 172 Å². The maximum atomic E-state index is 11.4. The molecule has 0 saturated heterocycles. The van der Waals surface area contributed by atoms with E-state index in [0.29, 0.717) is 0 Å². The van der Waals surface area contributed by atoms with E-state index in [1.807, 2.05) is 46.0 Å². The van der Waals surface area contributed by atoms with Gasteiger partial charge in [-0.3, -0.25) is 10.1 Å². The van der Waals surface area contributed by atoms with Gasteiger partial charge in [0.2, 0.25) is 0 Å². The molecule has 0 spiro atoms. The van der Waals surface area contributed by atoms with E-state index in [9.17, 15) is 10.1 Å². The molecule has 4 aromatic rings. The molecule has 2 heterocycles. The van der Waals surface area contributed by atoms with E-state index in [2.05, 4.69) is 18.0 Å². The summed E-state index contributed by atoms with van der Waals surface area (Å²) in [6.45, 7) is 2.10. The molecule has 0 atom stereocenters. The summed E-state index contributed by atoms with van der Waals surface area (Å²) >= 11 is 1.53. The first-order valence-corrected chi connectivity index (χ1v) is 10.3. The van der Waals surface area contributed by atoms with E-state index in [1.54, 1.807) is 24.7 Å². The smallest absolute Gasteiger partial charge is 0.270 e. The zero-order valence-corrected chi connectivity index (χ0v) is 16.8. The second-order valence-electron chi connectivity index (χ2n) is 6.38. The van der Waals surface area contributed by atoms with Crippen molar-refractivity contribution in [3.05, 3.63) is 82.9 Å². The van der Waals surface area contributed by atoms with Crippen molar-refractivity contribution in [3.63, 3.8) is 0 Å². The van der Waals surface area contributed by atoms with Gasteiger partial charge in [-0.25, -0.2) is 9.67 Å². The highest BCUT2D eigenvalue weighted by Crippen LogP contribution is 2.37. The van der Waals surface area contributed by atoms with Crippen LogP contribution in [0.2, 0.25) is 0 Å². The molecular weight excluding hydrogens is 386 g/mol. The Morgan fingerprint density at radius 3 is 2.69 bits per heavy atom. The van der Waals surface area contributed by atoms with Gasteiger partial charge in [-0.15, -0.1) is 11.8 Å². The molecule has 0 saturated carbocycles. The van der Waals surface area contributed by atoms with Crippen molar-refractivity contribution in [2.45, 2.75) is 18.4 Å². The first-order chi connectivity index (χ1) is 14.1. The molecule has 4 rings (SSSR count). The third-order valence-electron chi connectivity index (χ3n) is 4.72. The van der Waals surface area contributed by atoms with Gasteiger partial charge in [0.1, 0.15) is 10.7 Å². The second-order valence-corrected chi connectivity index (χ2v) is 7.17. The minimum absolute atomic E-state index is 0.0429. The number of nitrogens with zero attached hydrogens (tertiary/aromatic N) is 5. The molecule has 0 aliphatic rings. The van der Waals surface area contributed by atoms with Gasteiger partial charge in [-0.05, 0) is 24.3 Å². The third-order valence-corrected chi connectivity index (χ3v) is 5.38. The summed E-state index contributed by atoms with van der Waals surface area (Å²) in [6, 6.07) is 14.7. The summed E-state index contributed by atoms with van der Waals surface area (Å²) < 4.78 is 3.79. The van der Waals surface area contributed by atoms with Crippen LogP contribution in [0, 0.1) is 10.1 Å². The molecule has 0 aliphatic heterocycles. The van der Waals surface area contributed by atoms with Crippen LogP contribution in [-0.4, -0.2) is 30.5 Å². The molecule has 0 bridgehead atoms. The number of aryl methyl sites for hydroxylation is 1. The van der Waals surface area contributed by atoms with E-state index in [4.69, 9.17) is 5.10 Å². The van der Waals surface area contributed by atoms with Crippen LogP contribution in [0.5, 0.6) is 0 Å². The van der Waals surface area contributed by atoms with Crippen molar-refractivity contribution < 1.29 is 4.92 Å². The van der Waals surface area contributed by atoms with Gasteiger partial charge >= 0.3 is 0 Å². The summed E-state index contributed by atoms with van der Waals surface area (Å²) in [5.74, 6) is 0. The Bertz CT molecular complexity index is 1170. The second kappa shape index (κ2) is 7.92. The zero-order valence-electron chi connectivity index (χ0n) is 16.0. The summed E-state index contributed by atoms with van der Waals surface area (Å²) in [5, 5.41) is 17.1. The van der Waals surface area contributed by atoms with E-state index < -0.39 is 0 Å². The fourth-order valence-electron chi connectivity index (χ4n) is 3.37. The molecule has 2 aromatic heterocycles. The molecular formula is C21H19N5O2S. The number of nitro benzene ring substituents is 1. The first-order valence-electron chi connectivity index (χ1n) is 9.12. The van der Waals surface area contributed by atoms with Gasteiger partial charge in [0, 0.05) is 30.1 Å². The van der Waals surface area contributed by atoms with Gasteiger partial charge in [0.25, 0.3) is 5.69 Å². The van der Waals surface area contributed by atoms with Crippen molar-refractivity contribution in [2.24, 2.45) is 0 Å². The van der Waals surface area contributed by atoms with Crippen LogP contribution in [0.4, 0.5) is 5.69 Å². The van der Waals surface area contributed by atoms with Gasteiger partial charge in [-0.2, -0.15) is 5.10 Å². The fourth-order valence-corrected chi connectivity index (χ4v) is 3.93. The predicted octanol–water partition coefficient (Wildman–Crippen LogP) is 4.92. The third kappa shape index (κ3) is 3.42. The lowest BCUT2D eigenvalue weighted by Gasteiger charge is -2.13. The molecule has 7 nitrogen and oxygen atoms in total. The molecule has 146 valence electrons. The van der Waals surface area contributed by atoms with Gasteiger partial charge in [0.15, 0.2) is 0 Å². The minimum Gasteiger partial charge on any atom is -0.302 e. The molecule has 8 heteroatoms. The lowest BCUT2D eigenvalue weighted by Crippen LogP contribution is -2.04. The summed E-state index contributed by atoms with van der Waals surface area (Å²) in [6.07, 6.45) is 8.09. The SMILES string of the molecule is CCc1ccccc1-n1nc(SC)c(-n2ccnc2)c1-c1cccc([N+](=O)[O-])c1. The lowest BCUT2D eigenvalue weighted by atomic mass is 10.1. The number of aromatic nitrogens is 4. The average molecular weight is 405 g/mol. The van der Waals surface area contributed by atoms with Crippen molar-refractivity contribution >= 4 is 17.4 Å². The van der Waals surface area contributed by atoms with E-state index in [1.165, 1.54) is 17.8 Å². The van der Waals surface area contributed by atoms with Crippen LogP contribution in [0.1, 0.15) is 12.5 Å². The largest absolute Gasteiger partial charge is 0.302 e. The molecule has 0 unspecified atom stereocenters. The van der Waals surface area contributed by atoms with E-state index in [0.717, 1.165) is 39.6 Å². The number of thioether (sulfide) groups is 1. The van der Waals surface area contributed by atoms with Gasteiger partial charge in [0.05, 0.1) is 22.6 Å². The predicted molar refractivity (Wildman–Crippen MR) is 114 cm³/mol. The highest BCUT2D eigenvalue weighted by molar-refractivity contribution is 7.98. The highest BCUT2D eigenvalue weighted by Gasteiger charge is 2.23. The maximum absolute atomic E-state index is 11.4. The topological polar surface area (TPSA) is 78.8 Å². The van der Waals surface area contributed by atoms with E-state index >= 15 is 0 Å². The number of nitro groups is 1. The van der Waals surface area contributed by atoms with Crippen molar-refractivity contribution in [1.29, 1.82) is 0 Å². The number of imidazole rings is 1. The van der Waals surface area contributed by atoms with Crippen LogP contribution < -0.4 is 0 Å². The number of hydrogen-bond donors (Lipinski definition) is 0. The molecule has 0 amide bonds. The average Bonchev–Trinajstić information content (AvgIpc) is 3.41. The Balaban J connectivity index is 2.07. The Morgan fingerprint density at radius 2 is 2.00 bits per heavy atom. The van der Waals surface area contributed by atoms with Crippen LogP contribution in [0.15, 0.2) is 72.3 Å². The number of benzene rings is 2. The molecule has 2 aromatic carbocycles. The number of non-ortho nitro benzene ring substituents is 1. The quantitative estimate of drug-likeness (QED) is 0.258. The Kier molecular flexibility index (Phi) is 5.18. The van der Waals surface area contributed by atoms with Crippen LogP contribution in [0.3, 0.4) is 0 Å². The Hall–Kier alpha value is -3.39. The van der Waals surface area contributed by atoms with Gasteiger partial charge in [-0.1, -0.05) is 37.3 Å². The highest BCUT2D eigenvalue weighted by atomic mass is 32.2. The molecule has 0 radical (unpaired) electrons. The summed E-state index contributed by atoms with van der Waals surface area (Å²) in [4.78, 5) is 15.2. The maximum Gasteiger partial charge on any atom is 0.270 e. The number of para-hydroxylation sites is 1. The van der Waals surface area contributed by atoms with Crippen molar-refractivity contribution in [1.82, 2.24) is 19.3 Å². The van der Waals surface area contributed by atoms with Crippen molar-refractivity contribution in [2.75, 3.05) is 6.26 Å². The molecule has 0 aliphatic carbocycles. The normalized spacial score (nSPS) is 11.0. The lowest BCUT2D eigenvalue weighted by molar-refractivity contribution is -0.384. The minimum atomic E-state index is -0.378. The molecule has 29 heavy (non-hydrogen) atoms. The molecule has 0 fully saturated rings. The monoisotopic (exact) mass is 405 g/mol. The van der Waals surface area contributed by atoms with Gasteiger partial charge < -0.3 is 4.57 Å². The standard InChI is InChI=1S/C21H19N5O2S/c1-3-15-7-4-5-10-18(15)25-19(16-8-6-9-17(13-16)26(27)28)20(21(23-25)29-2)24-12-11-22-14-24/h4-14H,3H2,1-2H3. The molecule has 0 N–H and O–H groups in total. The van der Waals surface area contributed by atoms with Crippen LogP contribution in [0.25, 0.3) is 22.6 Å². The van der Waals surface area contributed by atoms with Crippen LogP contribution >= 0.6 is 11.8 Å². The van der Waals surface area contributed by atoms with Crippen molar-refractivity contribution in [3.8, 4) is 22.6 Å². The van der Waals surface area contributed by atoms with Crippen LogP contribution in [-0.2, 0) is 6.42 Å².